The van der Waals surface area contributed by atoms with Crippen molar-refractivity contribution in [1.82, 2.24) is 20.0 Å². The normalized spacial score (nSPS) is 11.9. The van der Waals surface area contributed by atoms with Crippen LogP contribution in [-0.4, -0.2) is 45.4 Å². The van der Waals surface area contributed by atoms with Crippen LogP contribution >= 0.6 is 11.8 Å². The molecule has 0 aliphatic rings. The zero-order chi connectivity index (χ0) is 21.1. The Kier molecular flexibility index (Phi) is 6.12. The molecule has 0 aliphatic carbocycles. The van der Waals surface area contributed by atoms with Gasteiger partial charge in [-0.15, -0.1) is 10.2 Å². The number of nitrogens with one attached hydrogen (secondary N) is 1. The van der Waals surface area contributed by atoms with Crippen molar-refractivity contribution in [3.63, 3.8) is 0 Å². The topological polar surface area (TPSA) is 104 Å². The van der Waals surface area contributed by atoms with Gasteiger partial charge >= 0.3 is 0 Å². The molecular formula is C19H23N5O4S. The highest BCUT2D eigenvalue weighted by atomic mass is 32.2. The van der Waals surface area contributed by atoms with Gasteiger partial charge in [0.2, 0.25) is 5.91 Å². The van der Waals surface area contributed by atoms with Crippen molar-refractivity contribution in [2.75, 3.05) is 19.5 Å². The average molecular weight is 417 g/mol. The van der Waals surface area contributed by atoms with E-state index in [-0.39, 0.29) is 5.91 Å². The highest BCUT2D eigenvalue weighted by Crippen LogP contribution is 2.34. The average Bonchev–Trinajstić information content (AvgIpc) is 3.27. The molecule has 154 valence electrons. The van der Waals surface area contributed by atoms with Gasteiger partial charge in [-0.2, -0.15) is 5.10 Å². The number of carbonyl (C=O) groups is 1. The molecule has 0 saturated heterocycles. The standard InChI is InChI=1S/C19H23N5O4S/c1-10-16(11(2)24(4)23-10)20-17(25)12(3)29-19-22-21-18(28-19)14-8-7-13(26-5)9-15(14)27-6/h7-9,12H,1-6H3,(H,20,25). The number of hydrogen-bond donors (Lipinski definition) is 1. The minimum Gasteiger partial charge on any atom is -0.497 e. The molecule has 1 amide bonds. The lowest BCUT2D eigenvalue weighted by Gasteiger charge is -2.10. The van der Waals surface area contributed by atoms with Crippen molar-refractivity contribution in [2.24, 2.45) is 7.05 Å². The van der Waals surface area contributed by atoms with E-state index >= 15 is 0 Å². The maximum atomic E-state index is 12.6. The summed E-state index contributed by atoms with van der Waals surface area (Å²) in [5, 5.41) is 15.2. The molecule has 1 N–H and O–H groups in total. The number of methoxy groups -OCH3 is 2. The van der Waals surface area contributed by atoms with Crippen molar-refractivity contribution in [1.29, 1.82) is 0 Å². The Morgan fingerprint density at radius 1 is 1.24 bits per heavy atom. The summed E-state index contributed by atoms with van der Waals surface area (Å²) in [6, 6.07) is 5.30. The molecule has 2 aromatic heterocycles. The minimum atomic E-state index is -0.444. The summed E-state index contributed by atoms with van der Waals surface area (Å²) in [6.07, 6.45) is 0. The van der Waals surface area contributed by atoms with Crippen molar-refractivity contribution in [2.45, 2.75) is 31.2 Å². The third-order valence-electron chi connectivity index (χ3n) is 4.45. The first kappa shape index (κ1) is 20.7. The van der Waals surface area contributed by atoms with E-state index in [1.807, 2.05) is 20.9 Å². The Bertz CT molecular complexity index is 1030. The Hall–Kier alpha value is -3.01. The molecule has 2 heterocycles. The fourth-order valence-electron chi connectivity index (χ4n) is 2.73. The molecule has 0 fully saturated rings. The van der Waals surface area contributed by atoms with Gasteiger partial charge in [-0.25, -0.2) is 0 Å². The summed E-state index contributed by atoms with van der Waals surface area (Å²) < 4.78 is 18.0. The molecular weight excluding hydrogens is 394 g/mol. The second-order valence-corrected chi connectivity index (χ2v) is 7.65. The van der Waals surface area contributed by atoms with Gasteiger partial charge in [0, 0.05) is 13.1 Å². The highest BCUT2D eigenvalue weighted by molar-refractivity contribution is 8.00. The summed E-state index contributed by atoms with van der Waals surface area (Å²) in [6.45, 7) is 5.53. The SMILES string of the molecule is COc1ccc(-c2nnc(SC(C)C(=O)Nc3c(C)nn(C)c3C)o2)c(OC)c1. The fourth-order valence-corrected chi connectivity index (χ4v) is 3.41. The number of rotatable bonds is 7. The van der Waals surface area contributed by atoms with E-state index in [9.17, 15) is 4.79 Å². The van der Waals surface area contributed by atoms with E-state index < -0.39 is 5.25 Å². The van der Waals surface area contributed by atoms with E-state index in [1.165, 1.54) is 11.8 Å². The molecule has 1 aromatic carbocycles. The zero-order valence-corrected chi connectivity index (χ0v) is 18.0. The molecule has 1 atom stereocenters. The second-order valence-electron chi connectivity index (χ2n) is 6.36. The van der Waals surface area contributed by atoms with Gasteiger partial charge < -0.3 is 19.2 Å². The monoisotopic (exact) mass is 417 g/mol. The van der Waals surface area contributed by atoms with Gasteiger partial charge in [-0.1, -0.05) is 11.8 Å². The molecule has 0 spiro atoms. The van der Waals surface area contributed by atoms with E-state index in [0.29, 0.717) is 28.2 Å². The smallest absolute Gasteiger partial charge is 0.277 e. The Morgan fingerprint density at radius 2 is 2.00 bits per heavy atom. The first-order chi connectivity index (χ1) is 13.8. The quantitative estimate of drug-likeness (QED) is 0.584. The van der Waals surface area contributed by atoms with Crippen LogP contribution in [0.25, 0.3) is 11.5 Å². The fraction of sp³-hybridized carbons (Fsp3) is 0.368. The lowest BCUT2D eigenvalue weighted by atomic mass is 10.2. The molecule has 0 saturated carbocycles. The van der Waals surface area contributed by atoms with Gasteiger partial charge in [-0.05, 0) is 32.9 Å². The number of aryl methyl sites for hydroxylation is 2. The maximum absolute atomic E-state index is 12.6. The number of thioether (sulfide) groups is 1. The van der Waals surface area contributed by atoms with E-state index in [1.54, 1.807) is 44.0 Å². The molecule has 9 nitrogen and oxygen atoms in total. The van der Waals surface area contributed by atoms with Gasteiger partial charge in [-0.3, -0.25) is 9.48 Å². The lowest BCUT2D eigenvalue weighted by molar-refractivity contribution is -0.115. The Morgan fingerprint density at radius 3 is 2.62 bits per heavy atom. The molecule has 10 heteroatoms. The van der Waals surface area contributed by atoms with Crippen molar-refractivity contribution in [3.05, 3.63) is 29.6 Å². The molecule has 1 unspecified atom stereocenters. The molecule has 3 rings (SSSR count). The number of benzene rings is 1. The highest BCUT2D eigenvalue weighted by Gasteiger charge is 2.22. The summed E-state index contributed by atoms with van der Waals surface area (Å²) in [5.74, 6) is 1.35. The minimum absolute atomic E-state index is 0.170. The van der Waals surface area contributed by atoms with Crippen LogP contribution < -0.4 is 14.8 Å². The Balaban J connectivity index is 1.72. The number of aromatic nitrogens is 4. The maximum Gasteiger partial charge on any atom is 0.277 e. The third-order valence-corrected chi connectivity index (χ3v) is 5.38. The zero-order valence-electron chi connectivity index (χ0n) is 17.1. The van der Waals surface area contributed by atoms with Crippen molar-refractivity contribution < 1.29 is 18.7 Å². The second kappa shape index (κ2) is 8.56. The van der Waals surface area contributed by atoms with Gasteiger partial charge in [0.05, 0.1) is 42.1 Å². The van der Waals surface area contributed by atoms with Crippen molar-refractivity contribution >= 4 is 23.4 Å². The van der Waals surface area contributed by atoms with Crippen LogP contribution in [-0.2, 0) is 11.8 Å². The molecule has 0 radical (unpaired) electrons. The predicted molar refractivity (Wildman–Crippen MR) is 109 cm³/mol. The largest absolute Gasteiger partial charge is 0.497 e. The summed E-state index contributed by atoms with van der Waals surface area (Å²) >= 11 is 1.18. The number of nitrogens with zero attached hydrogens (tertiary/aromatic N) is 4. The Labute approximate surface area is 172 Å². The molecule has 0 aliphatic heterocycles. The molecule has 29 heavy (non-hydrogen) atoms. The van der Waals surface area contributed by atoms with E-state index in [4.69, 9.17) is 13.9 Å². The summed E-state index contributed by atoms with van der Waals surface area (Å²) in [7, 11) is 4.97. The van der Waals surface area contributed by atoms with Crippen LogP contribution in [0.4, 0.5) is 5.69 Å². The van der Waals surface area contributed by atoms with Crippen LogP contribution in [0, 0.1) is 13.8 Å². The summed E-state index contributed by atoms with van der Waals surface area (Å²) in [4.78, 5) is 12.6. The molecule has 3 aromatic rings. The van der Waals surface area contributed by atoms with E-state index in [2.05, 4.69) is 20.6 Å². The number of anilines is 1. The van der Waals surface area contributed by atoms with Crippen LogP contribution in [0.2, 0.25) is 0 Å². The number of hydrogen-bond acceptors (Lipinski definition) is 8. The number of ether oxygens (including phenoxy) is 2. The lowest BCUT2D eigenvalue weighted by Crippen LogP contribution is -2.23. The van der Waals surface area contributed by atoms with Crippen molar-refractivity contribution in [3.8, 4) is 23.0 Å². The predicted octanol–water partition coefficient (Wildman–Crippen LogP) is 3.22. The van der Waals surface area contributed by atoms with E-state index in [0.717, 1.165) is 17.1 Å². The van der Waals surface area contributed by atoms with Gasteiger partial charge in [0.25, 0.3) is 11.1 Å². The first-order valence-electron chi connectivity index (χ1n) is 8.87. The number of carbonyl (C=O) groups excluding carboxylic acids is 1. The van der Waals surface area contributed by atoms with Crippen LogP contribution in [0.3, 0.4) is 0 Å². The molecule has 0 bridgehead atoms. The van der Waals surface area contributed by atoms with Crippen LogP contribution in [0.15, 0.2) is 27.8 Å². The number of amides is 1. The third kappa shape index (κ3) is 4.37. The summed E-state index contributed by atoms with van der Waals surface area (Å²) in [5.41, 5.74) is 3.02. The van der Waals surface area contributed by atoms with Crippen LogP contribution in [0.5, 0.6) is 11.5 Å². The first-order valence-corrected chi connectivity index (χ1v) is 9.75. The van der Waals surface area contributed by atoms with Gasteiger partial charge in [0.15, 0.2) is 0 Å². The van der Waals surface area contributed by atoms with Gasteiger partial charge in [0.1, 0.15) is 11.5 Å². The van der Waals surface area contributed by atoms with Crippen LogP contribution in [0.1, 0.15) is 18.3 Å².